The Morgan fingerprint density at radius 2 is 1.68 bits per heavy atom. The van der Waals surface area contributed by atoms with E-state index in [4.69, 9.17) is 0 Å². The molecule has 37 heavy (non-hydrogen) atoms. The van der Waals surface area contributed by atoms with Crippen molar-refractivity contribution in [1.29, 1.82) is 0 Å². The van der Waals surface area contributed by atoms with Crippen LogP contribution in [0.2, 0.25) is 0 Å². The van der Waals surface area contributed by atoms with E-state index in [1.807, 2.05) is 12.1 Å². The van der Waals surface area contributed by atoms with Crippen molar-refractivity contribution in [1.82, 2.24) is 9.80 Å². The standard InChI is InChI=1S/C33H44N2OS/c1-4-5-6-8-27-10-16-30(17-11-27)33(36)35(31-19-22-34(23-20-31)21-18-26(2)3)25-28-12-14-29(15-13-28)32-9-7-24-37-32/h7,9-17,24,26,31H,4-6,8,18-23,25H2,1-3H3. The summed E-state index contributed by atoms with van der Waals surface area (Å²) >= 11 is 1.76. The van der Waals surface area contributed by atoms with Crippen LogP contribution in [0.25, 0.3) is 10.4 Å². The lowest BCUT2D eigenvalue weighted by molar-refractivity contribution is 0.0546. The molecule has 0 N–H and O–H groups in total. The van der Waals surface area contributed by atoms with Crippen molar-refractivity contribution < 1.29 is 4.79 Å². The van der Waals surface area contributed by atoms with Crippen LogP contribution in [0.3, 0.4) is 0 Å². The summed E-state index contributed by atoms with van der Waals surface area (Å²) in [6.07, 6.45) is 8.14. The zero-order valence-electron chi connectivity index (χ0n) is 23.0. The van der Waals surface area contributed by atoms with Gasteiger partial charge >= 0.3 is 0 Å². The molecule has 0 aliphatic carbocycles. The normalized spacial score (nSPS) is 14.8. The summed E-state index contributed by atoms with van der Waals surface area (Å²) in [6.45, 7) is 10.8. The Morgan fingerprint density at radius 3 is 2.30 bits per heavy atom. The van der Waals surface area contributed by atoms with Gasteiger partial charge in [-0.2, -0.15) is 0 Å². The SMILES string of the molecule is CCCCCc1ccc(C(=O)N(Cc2ccc(-c3cccs3)cc2)C2CCN(CCC(C)C)CC2)cc1. The molecule has 1 fully saturated rings. The largest absolute Gasteiger partial charge is 0.331 e. The highest BCUT2D eigenvalue weighted by Gasteiger charge is 2.29. The smallest absolute Gasteiger partial charge is 0.254 e. The molecule has 3 nitrogen and oxygen atoms in total. The molecule has 1 aromatic heterocycles. The highest BCUT2D eigenvalue weighted by Crippen LogP contribution is 2.27. The van der Waals surface area contributed by atoms with Gasteiger partial charge in [-0.05, 0) is 84.8 Å². The van der Waals surface area contributed by atoms with Crippen LogP contribution in [0.5, 0.6) is 0 Å². The summed E-state index contributed by atoms with van der Waals surface area (Å²) in [6, 6.07) is 21.7. The molecule has 0 spiro atoms. The third-order valence-corrected chi connectivity index (χ3v) is 8.58. The third kappa shape index (κ3) is 8.02. The Morgan fingerprint density at radius 1 is 0.973 bits per heavy atom. The second-order valence-corrected chi connectivity index (χ2v) is 12.0. The molecule has 198 valence electrons. The van der Waals surface area contributed by atoms with E-state index in [-0.39, 0.29) is 11.9 Å². The third-order valence-electron chi connectivity index (χ3n) is 7.66. The van der Waals surface area contributed by atoms with Crippen molar-refractivity contribution in [3.8, 4) is 10.4 Å². The van der Waals surface area contributed by atoms with Crippen molar-refractivity contribution in [2.24, 2.45) is 5.92 Å². The van der Waals surface area contributed by atoms with Crippen molar-refractivity contribution in [2.75, 3.05) is 19.6 Å². The maximum atomic E-state index is 13.9. The average Bonchev–Trinajstić information content (AvgIpc) is 3.47. The molecule has 0 saturated carbocycles. The minimum Gasteiger partial charge on any atom is -0.331 e. The van der Waals surface area contributed by atoms with E-state index >= 15 is 0 Å². The number of aryl methyl sites for hydroxylation is 1. The molecular formula is C33H44N2OS. The lowest BCUT2D eigenvalue weighted by atomic mass is 9.99. The molecule has 0 radical (unpaired) electrons. The number of benzene rings is 2. The molecule has 4 heteroatoms. The van der Waals surface area contributed by atoms with E-state index in [0.29, 0.717) is 6.54 Å². The van der Waals surface area contributed by atoms with Gasteiger partial charge in [-0.3, -0.25) is 4.79 Å². The number of unbranched alkanes of at least 4 members (excludes halogenated alkanes) is 2. The van der Waals surface area contributed by atoms with Gasteiger partial charge in [-0.1, -0.05) is 76.1 Å². The summed E-state index contributed by atoms with van der Waals surface area (Å²) in [5, 5.41) is 2.12. The fourth-order valence-corrected chi connectivity index (χ4v) is 5.97. The first-order valence-electron chi connectivity index (χ1n) is 14.3. The van der Waals surface area contributed by atoms with E-state index < -0.39 is 0 Å². The number of hydrogen-bond acceptors (Lipinski definition) is 3. The van der Waals surface area contributed by atoms with Crippen LogP contribution in [-0.2, 0) is 13.0 Å². The molecule has 0 bridgehead atoms. The molecule has 1 amide bonds. The van der Waals surface area contributed by atoms with Crippen LogP contribution >= 0.6 is 11.3 Å². The Bertz CT molecular complexity index is 1060. The van der Waals surface area contributed by atoms with Gasteiger partial charge in [0.2, 0.25) is 0 Å². The Hall–Kier alpha value is -2.43. The van der Waals surface area contributed by atoms with Gasteiger partial charge in [0, 0.05) is 36.1 Å². The number of carbonyl (C=O) groups is 1. The minimum atomic E-state index is 0.170. The summed E-state index contributed by atoms with van der Waals surface area (Å²) in [4.78, 5) is 19.9. The van der Waals surface area contributed by atoms with Crippen LogP contribution in [0.15, 0.2) is 66.0 Å². The van der Waals surface area contributed by atoms with Gasteiger partial charge in [-0.15, -0.1) is 11.3 Å². The molecule has 0 unspecified atom stereocenters. The van der Waals surface area contributed by atoms with Gasteiger partial charge < -0.3 is 9.80 Å². The van der Waals surface area contributed by atoms with E-state index in [9.17, 15) is 4.79 Å². The van der Waals surface area contributed by atoms with Crippen molar-refractivity contribution >= 4 is 17.2 Å². The minimum absolute atomic E-state index is 0.170. The zero-order chi connectivity index (χ0) is 26.0. The first kappa shape index (κ1) is 27.6. The van der Waals surface area contributed by atoms with E-state index in [0.717, 1.165) is 43.8 Å². The number of amides is 1. The molecule has 2 aromatic carbocycles. The lowest BCUT2D eigenvalue weighted by Crippen LogP contribution is -2.47. The van der Waals surface area contributed by atoms with E-state index in [2.05, 4.69) is 84.5 Å². The van der Waals surface area contributed by atoms with Crippen LogP contribution in [-0.4, -0.2) is 41.4 Å². The maximum Gasteiger partial charge on any atom is 0.254 e. The fraction of sp³-hybridized carbons (Fsp3) is 0.485. The predicted molar refractivity (Wildman–Crippen MR) is 158 cm³/mol. The molecule has 1 aliphatic heterocycles. The molecule has 1 aliphatic rings. The second-order valence-electron chi connectivity index (χ2n) is 11.0. The average molecular weight is 517 g/mol. The predicted octanol–water partition coefficient (Wildman–Crippen LogP) is 8.30. The summed E-state index contributed by atoms with van der Waals surface area (Å²) < 4.78 is 0. The monoisotopic (exact) mass is 516 g/mol. The Balaban J connectivity index is 1.47. The number of hydrogen-bond donors (Lipinski definition) is 0. The number of rotatable bonds is 12. The fourth-order valence-electron chi connectivity index (χ4n) is 5.23. The number of nitrogens with zero attached hydrogens (tertiary/aromatic N) is 2. The molecular weight excluding hydrogens is 472 g/mol. The van der Waals surface area contributed by atoms with Gasteiger partial charge in [0.15, 0.2) is 0 Å². The summed E-state index contributed by atoms with van der Waals surface area (Å²) in [7, 11) is 0. The van der Waals surface area contributed by atoms with Crippen molar-refractivity contribution in [3.63, 3.8) is 0 Å². The van der Waals surface area contributed by atoms with Gasteiger partial charge in [0.25, 0.3) is 5.91 Å². The van der Waals surface area contributed by atoms with Crippen LogP contribution in [0.1, 0.15) is 80.8 Å². The van der Waals surface area contributed by atoms with Crippen molar-refractivity contribution in [3.05, 3.63) is 82.7 Å². The number of likely N-dealkylation sites (tertiary alicyclic amines) is 1. The van der Waals surface area contributed by atoms with E-state index in [1.54, 1.807) is 11.3 Å². The number of piperidine rings is 1. The molecule has 1 saturated heterocycles. The van der Waals surface area contributed by atoms with Crippen LogP contribution in [0, 0.1) is 5.92 Å². The molecule has 3 aromatic rings. The van der Waals surface area contributed by atoms with E-state index in [1.165, 1.54) is 53.8 Å². The number of carbonyl (C=O) groups excluding carboxylic acids is 1. The van der Waals surface area contributed by atoms with Gasteiger partial charge in [0.1, 0.15) is 0 Å². The first-order chi connectivity index (χ1) is 18.0. The maximum absolute atomic E-state index is 13.9. The molecule has 4 rings (SSSR count). The van der Waals surface area contributed by atoms with Crippen LogP contribution in [0.4, 0.5) is 0 Å². The van der Waals surface area contributed by atoms with Crippen LogP contribution < -0.4 is 0 Å². The Labute approximate surface area is 228 Å². The molecule has 0 atom stereocenters. The quantitative estimate of drug-likeness (QED) is 0.226. The second kappa shape index (κ2) is 13.9. The molecule has 2 heterocycles. The number of thiophene rings is 1. The van der Waals surface area contributed by atoms with Gasteiger partial charge in [-0.25, -0.2) is 0 Å². The van der Waals surface area contributed by atoms with Gasteiger partial charge in [0.05, 0.1) is 0 Å². The summed E-state index contributed by atoms with van der Waals surface area (Å²) in [5.74, 6) is 0.904. The first-order valence-corrected chi connectivity index (χ1v) is 15.2. The lowest BCUT2D eigenvalue weighted by Gasteiger charge is -2.39. The highest BCUT2D eigenvalue weighted by atomic mass is 32.1. The van der Waals surface area contributed by atoms with Crippen molar-refractivity contribution in [2.45, 2.75) is 78.3 Å². The zero-order valence-corrected chi connectivity index (χ0v) is 23.8. The highest BCUT2D eigenvalue weighted by molar-refractivity contribution is 7.13. The summed E-state index contributed by atoms with van der Waals surface area (Å²) in [5.41, 5.74) is 4.59. The Kier molecular flexibility index (Phi) is 10.4. The topological polar surface area (TPSA) is 23.6 Å².